The molecule has 0 atom stereocenters. The van der Waals surface area contributed by atoms with Crippen LogP contribution in [-0.2, 0) is 13.0 Å². The lowest BCUT2D eigenvalue weighted by Gasteiger charge is -2.28. The molecule has 1 heterocycles. The molecule has 1 saturated carbocycles. The van der Waals surface area contributed by atoms with Gasteiger partial charge in [-0.1, -0.05) is 17.7 Å². The number of benzene rings is 2. The Morgan fingerprint density at radius 3 is 2.81 bits per heavy atom. The third-order valence-electron chi connectivity index (χ3n) is 5.01. The van der Waals surface area contributed by atoms with Crippen LogP contribution < -0.4 is 14.4 Å². The third-order valence-corrected chi connectivity index (χ3v) is 5.24. The Bertz CT molecular complexity index is 835. The van der Waals surface area contributed by atoms with Gasteiger partial charge in [-0.2, -0.15) is 0 Å². The number of rotatable bonds is 5. The first kappa shape index (κ1) is 17.0. The van der Waals surface area contributed by atoms with Crippen LogP contribution in [0.2, 0.25) is 5.02 Å². The molecule has 0 aromatic heterocycles. The van der Waals surface area contributed by atoms with Gasteiger partial charge in [-0.25, -0.2) is 4.79 Å². The fourth-order valence-corrected chi connectivity index (χ4v) is 3.68. The summed E-state index contributed by atoms with van der Waals surface area (Å²) in [5, 5.41) is 9.60. The zero-order valence-corrected chi connectivity index (χ0v) is 15.0. The zero-order valence-electron chi connectivity index (χ0n) is 14.3. The molecule has 2 aromatic carbocycles. The average Bonchev–Trinajstić information content (AvgIpc) is 2.96. The fourth-order valence-electron chi connectivity index (χ4n) is 3.48. The topological polar surface area (TPSA) is 59.0 Å². The van der Waals surface area contributed by atoms with Crippen molar-refractivity contribution in [3.05, 3.63) is 52.5 Å². The molecule has 136 valence electrons. The highest BCUT2D eigenvalue weighted by atomic mass is 35.5. The third kappa shape index (κ3) is 3.44. The van der Waals surface area contributed by atoms with Gasteiger partial charge in [-0.05, 0) is 56.0 Å². The highest BCUT2D eigenvalue weighted by Crippen LogP contribution is 2.38. The highest BCUT2D eigenvalue weighted by molar-refractivity contribution is 6.30. The van der Waals surface area contributed by atoms with E-state index < -0.39 is 6.16 Å². The maximum absolute atomic E-state index is 10.9. The lowest BCUT2D eigenvalue weighted by molar-refractivity contribution is 0.119. The van der Waals surface area contributed by atoms with Crippen molar-refractivity contribution in [3.8, 4) is 11.5 Å². The van der Waals surface area contributed by atoms with E-state index in [9.17, 15) is 4.79 Å². The molecular weight excluding hydrogens is 354 g/mol. The molecule has 6 heteroatoms. The summed E-state index contributed by atoms with van der Waals surface area (Å²) < 4.78 is 11.0. The Morgan fingerprint density at radius 2 is 2.08 bits per heavy atom. The van der Waals surface area contributed by atoms with Gasteiger partial charge in [0.15, 0.2) is 0 Å². The molecule has 5 nitrogen and oxygen atoms in total. The first-order valence-electron chi connectivity index (χ1n) is 8.83. The number of hydrogen-bond donors (Lipinski definition) is 1. The quantitative estimate of drug-likeness (QED) is 0.597. The average molecular weight is 374 g/mol. The molecule has 0 spiro atoms. The molecule has 0 bridgehead atoms. The van der Waals surface area contributed by atoms with Crippen LogP contribution in [0, 0.1) is 0 Å². The number of ether oxygens (including phenoxy) is 2. The minimum Gasteiger partial charge on any atom is -0.490 e. The summed E-state index contributed by atoms with van der Waals surface area (Å²) in [5.74, 6) is 1.29. The van der Waals surface area contributed by atoms with Crippen molar-refractivity contribution in [2.24, 2.45) is 0 Å². The molecule has 1 aliphatic heterocycles. The highest BCUT2D eigenvalue weighted by Gasteiger charge is 2.25. The van der Waals surface area contributed by atoms with Crippen LogP contribution in [0.5, 0.6) is 11.5 Å². The van der Waals surface area contributed by atoms with Crippen LogP contribution in [0.4, 0.5) is 10.5 Å². The van der Waals surface area contributed by atoms with E-state index in [-0.39, 0.29) is 0 Å². The van der Waals surface area contributed by atoms with E-state index in [1.165, 1.54) is 6.42 Å². The van der Waals surface area contributed by atoms with Crippen LogP contribution in [0.3, 0.4) is 0 Å². The van der Waals surface area contributed by atoms with Gasteiger partial charge >= 0.3 is 6.16 Å². The predicted octanol–water partition coefficient (Wildman–Crippen LogP) is 4.89. The van der Waals surface area contributed by atoms with Gasteiger partial charge in [0.25, 0.3) is 0 Å². The Balaban J connectivity index is 1.58. The first-order chi connectivity index (χ1) is 12.6. The van der Waals surface area contributed by atoms with E-state index in [0.717, 1.165) is 48.4 Å². The summed E-state index contributed by atoms with van der Waals surface area (Å²) >= 11 is 6.21. The number of anilines is 1. The van der Waals surface area contributed by atoms with Crippen LogP contribution >= 0.6 is 11.6 Å². The maximum atomic E-state index is 10.9. The molecule has 1 aliphatic carbocycles. The summed E-state index contributed by atoms with van der Waals surface area (Å²) in [6.45, 7) is 1.46. The van der Waals surface area contributed by atoms with Gasteiger partial charge in [-0.3, -0.25) is 0 Å². The van der Waals surface area contributed by atoms with Gasteiger partial charge < -0.3 is 19.5 Å². The standard InChI is InChI=1S/C20H20ClNO4/c21-14-7-8-18(25-15-3-1-4-15)13(11-14)12-22-10-9-16-17(22)5-2-6-19(16)26-20(23)24/h2,5-8,11,15H,1,3-4,9-10,12H2,(H,23,24). The number of carbonyl (C=O) groups is 1. The second-order valence-electron chi connectivity index (χ2n) is 6.72. The molecule has 1 fully saturated rings. The van der Waals surface area contributed by atoms with Crippen molar-refractivity contribution >= 4 is 23.4 Å². The summed E-state index contributed by atoms with van der Waals surface area (Å²) in [4.78, 5) is 13.1. The number of halogens is 1. The van der Waals surface area contributed by atoms with Crippen LogP contribution in [-0.4, -0.2) is 23.9 Å². The summed E-state index contributed by atoms with van der Waals surface area (Å²) in [6, 6.07) is 11.3. The Labute approximate surface area is 157 Å². The Morgan fingerprint density at radius 1 is 1.23 bits per heavy atom. The van der Waals surface area contributed by atoms with E-state index >= 15 is 0 Å². The van der Waals surface area contributed by atoms with Crippen molar-refractivity contribution in [1.82, 2.24) is 0 Å². The van der Waals surface area contributed by atoms with Gasteiger partial charge in [0.1, 0.15) is 11.5 Å². The maximum Gasteiger partial charge on any atom is 0.511 e. The minimum atomic E-state index is -1.29. The minimum absolute atomic E-state index is 0.302. The van der Waals surface area contributed by atoms with Crippen molar-refractivity contribution in [2.45, 2.75) is 38.3 Å². The second kappa shape index (κ2) is 7.08. The lowest BCUT2D eigenvalue weighted by Crippen LogP contribution is -2.26. The zero-order chi connectivity index (χ0) is 18.1. The predicted molar refractivity (Wildman–Crippen MR) is 99.6 cm³/mol. The largest absolute Gasteiger partial charge is 0.511 e. The lowest BCUT2D eigenvalue weighted by atomic mass is 9.96. The molecule has 2 aromatic rings. The Hall–Kier alpha value is -2.40. The van der Waals surface area contributed by atoms with E-state index in [1.807, 2.05) is 30.3 Å². The molecule has 0 amide bonds. The molecule has 0 radical (unpaired) electrons. The van der Waals surface area contributed by atoms with Crippen LogP contribution in [0.25, 0.3) is 0 Å². The van der Waals surface area contributed by atoms with E-state index in [1.54, 1.807) is 6.07 Å². The number of hydrogen-bond acceptors (Lipinski definition) is 4. The number of nitrogens with zero attached hydrogens (tertiary/aromatic N) is 1. The van der Waals surface area contributed by atoms with Crippen molar-refractivity contribution in [2.75, 3.05) is 11.4 Å². The molecule has 26 heavy (non-hydrogen) atoms. The molecule has 2 aliphatic rings. The molecule has 0 saturated heterocycles. The van der Waals surface area contributed by atoms with Gasteiger partial charge in [0.2, 0.25) is 0 Å². The van der Waals surface area contributed by atoms with Gasteiger partial charge in [-0.15, -0.1) is 0 Å². The normalized spacial score (nSPS) is 16.1. The van der Waals surface area contributed by atoms with Crippen LogP contribution in [0.1, 0.15) is 30.4 Å². The smallest absolute Gasteiger partial charge is 0.490 e. The summed E-state index contributed by atoms with van der Waals surface area (Å²) in [5.41, 5.74) is 2.97. The van der Waals surface area contributed by atoms with E-state index in [0.29, 0.717) is 23.4 Å². The second-order valence-corrected chi connectivity index (χ2v) is 7.15. The van der Waals surface area contributed by atoms with E-state index in [4.69, 9.17) is 26.2 Å². The molecular formula is C20H20ClNO4. The number of carboxylic acid groups (broad SMARTS) is 1. The summed E-state index contributed by atoms with van der Waals surface area (Å²) in [7, 11) is 0. The van der Waals surface area contributed by atoms with Gasteiger partial charge in [0, 0.05) is 34.9 Å². The van der Waals surface area contributed by atoms with Crippen molar-refractivity contribution < 1.29 is 19.4 Å². The monoisotopic (exact) mass is 373 g/mol. The van der Waals surface area contributed by atoms with Crippen molar-refractivity contribution in [3.63, 3.8) is 0 Å². The van der Waals surface area contributed by atoms with Gasteiger partial charge in [0.05, 0.1) is 6.10 Å². The Kier molecular flexibility index (Phi) is 4.64. The first-order valence-corrected chi connectivity index (χ1v) is 9.20. The molecule has 1 N–H and O–H groups in total. The summed E-state index contributed by atoms with van der Waals surface area (Å²) in [6.07, 6.45) is 3.19. The SMILES string of the molecule is O=C(O)Oc1cccc2c1CCN2Cc1cc(Cl)ccc1OC1CCC1. The van der Waals surface area contributed by atoms with E-state index in [2.05, 4.69) is 4.90 Å². The molecule has 4 rings (SSSR count). The molecule has 0 unspecified atom stereocenters. The van der Waals surface area contributed by atoms with Crippen LogP contribution in [0.15, 0.2) is 36.4 Å². The fraction of sp³-hybridized carbons (Fsp3) is 0.350. The number of fused-ring (bicyclic) bond motifs is 1. The van der Waals surface area contributed by atoms with Crippen molar-refractivity contribution in [1.29, 1.82) is 0 Å².